The zero-order valence-corrected chi connectivity index (χ0v) is 18.4. The van der Waals surface area contributed by atoms with Crippen LogP contribution in [0.4, 0.5) is 4.39 Å². The standard InChI is InChI=1S/C24H24FN3O3S/c1-14(16-4-6-17(7-5-16)23(29)28-26)27-24(30)22-19-10-11-31-13-21(19)32-20(22)12-15-2-8-18(25)9-3-15/h2-9,14H,10-13,26H2,1H3,(H,27,30)(H,28,29). The lowest BCUT2D eigenvalue weighted by molar-refractivity contribution is 0.0927. The van der Waals surface area contributed by atoms with Gasteiger partial charge in [0.2, 0.25) is 0 Å². The molecule has 6 nitrogen and oxygen atoms in total. The van der Waals surface area contributed by atoms with E-state index in [9.17, 15) is 14.0 Å². The number of rotatable bonds is 6. The molecule has 0 radical (unpaired) electrons. The molecule has 0 bridgehead atoms. The summed E-state index contributed by atoms with van der Waals surface area (Å²) < 4.78 is 18.9. The molecule has 0 saturated carbocycles. The Kier molecular flexibility index (Phi) is 6.64. The fourth-order valence-corrected chi connectivity index (χ4v) is 5.15. The fourth-order valence-electron chi connectivity index (χ4n) is 3.82. The van der Waals surface area contributed by atoms with E-state index in [1.54, 1.807) is 47.7 Å². The molecule has 0 spiro atoms. The summed E-state index contributed by atoms with van der Waals surface area (Å²) in [6.07, 6.45) is 1.24. The Morgan fingerprint density at radius 3 is 2.53 bits per heavy atom. The average molecular weight is 454 g/mol. The Hall–Kier alpha value is -3.07. The van der Waals surface area contributed by atoms with Crippen LogP contribution in [0.15, 0.2) is 48.5 Å². The molecule has 3 aromatic rings. The molecule has 0 fully saturated rings. The van der Waals surface area contributed by atoms with Crippen molar-refractivity contribution in [2.24, 2.45) is 5.84 Å². The van der Waals surface area contributed by atoms with Crippen LogP contribution in [-0.4, -0.2) is 18.4 Å². The Bertz CT molecular complexity index is 1130. The molecule has 0 aliphatic carbocycles. The Balaban J connectivity index is 1.57. The van der Waals surface area contributed by atoms with Crippen molar-refractivity contribution in [3.05, 3.63) is 91.9 Å². The number of carbonyl (C=O) groups excluding carboxylic acids is 2. The smallest absolute Gasteiger partial charge is 0.265 e. The molecule has 0 saturated heterocycles. The summed E-state index contributed by atoms with van der Waals surface area (Å²) in [4.78, 5) is 27.0. The van der Waals surface area contributed by atoms with E-state index in [1.165, 1.54) is 12.1 Å². The molecular formula is C24H24FN3O3S. The molecule has 2 amide bonds. The van der Waals surface area contributed by atoms with Crippen molar-refractivity contribution in [1.29, 1.82) is 0 Å². The monoisotopic (exact) mass is 453 g/mol. The van der Waals surface area contributed by atoms with Gasteiger partial charge in [0, 0.05) is 21.7 Å². The second-order valence-corrected chi connectivity index (χ2v) is 8.89. The van der Waals surface area contributed by atoms with E-state index in [-0.39, 0.29) is 23.7 Å². The number of nitrogen functional groups attached to an aromatic ring is 1. The largest absolute Gasteiger partial charge is 0.376 e. The molecule has 1 aromatic heterocycles. The number of fused-ring (bicyclic) bond motifs is 1. The van der Waals surface area contributed by atoms with Crippen LogP contribution in [0.1, 0.15) is 60.1 Å². The van der Waals surface area contributed by atoms with Gasteiger partial charge in [0.05, 0.1) is 24.8 Å². The quantitative estimate of drug-likeness (QED) is 0.302. The zero-order valence-electron chi connectivity index (χ0n) is 17.6. The molecule has 1 unspecified atom stereocenters. The number of ether oxygens (including phenoxy) is 1. The lowest BCUT2D eigenvalue weighted by atomic mass is 9.99. The normalized spacial score (nSPS) is 13.8. The van der Waals surface area contributed by atoms with Crippen LogP contribution >= 0.6 is 11.3 Å². The van der Waals surface area contributed by atoms with E-state index in [0.717, 1.165) is 26.4 Å². The van der Waals surface area contributed by atoms with Gasteiger partial charge in [-0.25, -0.2) is 10.2 Å². The number of carbonyl (C=O) groups is 2. The summed E-state index contributed by atoms with van der Waals surface area (Å²) in [5, 5.41) is 3.09. The Morgan fingerprint density at radius 1 is 1.12 bits per heavy atom. The molecule has 2 heterocycles. The SMILES string of the molecule is CC(NC(=O)c1c(Cc2ccc(F)cc2)sc2c1CCOC2)c1ccc(C(=O)NN)cc1. The van der Waals surface area contributed by atoms with E-state index in [1.807, 2.05) is 6.92 Å². The highest BCUT2D eigenvalue weighted by molar-refractivity contribution is 7.12. The van der Waals surface area contributed by atoms with Crippen LogP contribution in [-0.2, 0) is 24.2 Å². The maximum Gasteiger partial charge on any atom is 0.265 e. The number of amides is 2. The van der Waals surface area contributed by atoms with Gasteiger partial charge in [-0.15, -0.1) is 11.3 Å². The van der Waals surface area contributed by atoms with Gasteiger partial charge < -0.3 is 10.1 Å². The van der Waals surface area contributed by atoms with Crippen LogP contribution in [0.25, 0.3) is 0 Å². The Labute approximate surface area is 189 Å². The average Bonchev–Trinajstić information content (AvgIpc) is 3.18. The minimum absolute atomic E-state index is 0.141. The number of thiophene rings is 1. The van der Waals surface area contributed by atoms with Crippen LogP contribution in [0.5, 0.6) is 0 Å². The summed E-state index contributed by atoms with van der Waals surface area (Å²) in [6.45, 7) is 2.99. The minimum Gasteiger partial charge on any atom is -0.376 e. The summed E-state index contributed by atoms with van der Waals surface area (Å²) in [7, 11) is 0. The minimum atomic E-state index is -0.370. The van der Waals surface area contributed by atoms with Gasteiger partial charge in [0.25, 0.3) is 11.8 Å². The number of nitrogens with one attached hydrogen (secondary N) is 2. The molecule has 1 atom stereocenters. The number of halogens is 1. The first-order valence-corrected chi connectivity index (χ1v) is 11.1. The third-order valence-electron chi connectivity index (χ3n) is 5.55. The molecule has 8 heteroatoms. The molecule has 166 valence electrons. The molecule has 4 rings (SSSR count). The van der Waals surface area contributed by atoms with Gasteiger partial charge in [-0.3, -0.25) is 15.0 Å². The highest BCUT2D eigenvalue weighted by Gasteiger charge is 2.26. The number of benzene rings is 2. The molecule has 1 aliphatic heterocycles. The number of hydrazine groups is 1. The second-order valence-electron chi connectivity index (χ2n) is 7.70. The van der Waals surface area contributed by atoms with Crippen LogP contribution in [0, 0.1) is 5.82 Å². The van der Waals surface area contributed by atoms with Crippen LogP contribution in [0.2, 0.25) is 0 Å². The lowest BCUT2D eigenvalue weighted by Gasteiger charge is -2.18. The predicted octanol–water partition coefficient (Wildman–Crippen LogP) is 3.65. The summed E-state index contributed by atoms with van der Waals surface area (Å²) in [5.74, 6) is 4.38. The highest BCUT2D eigenvalue weighted by atomic mass is 32.1. The Morgan fingerprint density at radius 2 is 1.84 bits per heavy atom. The molecule has 2 aromatic carbocycles. The molecule has 4 N–H and O–H groups in total. The van der Waals surface area contributed by atoms with Crippen molar-refractivity contribution >= 4 is 23.2 Å². The van der Waals surface area contributed by atoms with Gasteiger partial charge in [-0.2, -0.15) is 0 Å². The van der Waals surface area contributed by atoms with E-state index in [2.05, 4.69) is 10.7 Å². The topological polar surface area (TPSA) is 93.4 Å². The maximum absolute atomic E-state index is 13.4. The van der Waals surface area contributed by atoms with Gasteiger partial charge in [0.15, 0.2) is 0 Å². The van der Waals surface area contributed by atoms with Crippen molar-refractivity contribution in [2.75, 3.05) is 6.61 Å². The number of hydrogen-bond acceptors (Lipinski definition) is 5. The van der Waals surface area contributed by atoms with Crippen molar-refractivity contribution in [1.82, 2.24) is 10.7 Å². The van der Waals surface area contributed by atoms with E-state index in [0.29, 0.717) is 37.2 Å². The zero-order chi connectivity index (χ0) is 22.7. The predicted molar refractivity (Wildman–Crippen MR) is 121 cm³/mol. The van der Waals surface area contributed by atoms with Crippen molar-refractivity contribution in [2.45, 2.75) is 32.4 Å². The first-order valence-electron chi connectivity index (χ1n) is 10.3. The third kappa shape index (κ3) is 4.72. The van der Waals surface area contributed by atoms with Crippen LogP contribution < -0.4 is 16.6 Å². The van der Waals surface area contributed by atoms with E-state index in [4.69, 9.17) is 10.6 Å². The molecular weight excluding hydrogens is 429 g/mol. The first-order chi connectivity index (χ1) is 15.5. The molecule has 1 aliphatic rings. The first kappa shape index (κ1) is 22.1. The number of nitrogens with two attached hydrogens (primary N) is 1. The maximum atomic E-state index is 13.4. The highest BCUT2D eigenvalue weighted by Crippen LogP contribution is 2.34. The summed E-state index contributed by atoms with van der Waals surface area (Å²) in [6, 6.07) is 13.0. The van der Waals surface area contributed by atoms with Crippen LogP contribution in [0.3, 0.4) is 0 Å². The number of hydrogen-bond donors (Lipinski definition) is 3. The molecule has 32 heavy (non-hydrogen) atoms. The van der Waals surface area contributed by atoms with Crippen molar-refractivity contribution < 1.29 is 18.7 Å². The van der Waals surface area contributed by atoms with Crippen molar-refractivity contribution in [3.63, 3.8) is 0 Å². The van der Waals surface area contributed by atoms with Gasteiger partial charge in [-0.1, -0.05) is 24.3 Å². The van der Waals surface area contributed by atoms with Gasteiger partial charge in [-0.05, 0) is 54.3 Å². The third-order valence-corrected chi connectivity index (χ3v) is 6.76. The van der Waals surface area contributed by atoms with Gasteiger partial charge in [0.1, 0.15) is 5.82 Å². The van der Waals surface area contributed by atoms with E-state index >= 15 is 0 Å². The fraction of sp³-hybridized carbons (Fsp3) is 0.250. The summed E-state index contributed by atoms with van der Waals surface area (Å²) in [5.41, 5.74) is 6.11. The van der Waals surface area contributed by atoms with E-state index < -0.39 is 0 Å². The lowest BCUT2D eigenvalue weighted by Crippen LogP contribution is -2.30. The van der Waals surface area contributed by atoms with Crippen molar-refractivity contribution in [3.8, 4) is 0 Å². The summed E-state index contributed by atoms with van der Waals surface area (Å²) >= 11 is 1.58. The second kappa shape index (κ2) is 9.60. The van der Waals surface area contributed by atoms with Gasteiger partial charge >= 0.3 is 0 Å².